The fourth-order valence-electron chi connectivity index (χ4n) is 3.77. The Balaban J connectivity index is 1.25. The molecule has 1 aromatic carbocycles. The number of nitrogens with one attached hydrogen (secondary N) is 1. The number of rotatable bonds is 4. The van der Waals surface area contributed by atoms with Crippen LogP contribution in [0.3, 0.4) is 0 Å². The third-order valence-corrected chi connectivity index (χ3v) is 5.30. The number of hydrogen-bond donors (Lipinski definition) is 1. The summed E-state index contributed by atoms with van der Waals surface area (Å²) in [4.78, 5) is 19.4. The molecule has 3 heterocycles. The van der Waals surface area contributed by atoms with Gasteiger partial charge in [0.15, 0.2) is 0 Å². The van der Waals surface area contributed by atoms with E-state index in [4.69, 9.17) is 4.74 Å². The smallest absolute Gasteiger partial charge is 0.227 e. The Bertz CT molecular complexity index is 742. The molecule has 0 spiro atoms. The Morgan fingerprint density at radius 3 is 2.77 bits per heavy atom. The number of para-hydroxylation sites is 1. The predicted octanol–water partition coefficient (Wildman–Crippen LogP) is 2.41. The van der Waals surface area contributed by atoms with E-state index in [0.717, 1.165) is 55.9 Å². The predicted molar refractivity (Wildman–Crippen MR) is 99.8 cm³/mol. The lowest BCUT2D eigenvalue weighted by atomic mass is 9.95. The molecule has 26 heavy (non-hydrogen) atoms. The first-order valence-electron chi connectivity index (χ1n) is 9.41. The first-order valence-corrected chi connectivity index (χ1v) is 9.41. The third kappa shape index (κ3) is 4.05. The van der Waals surface area contributed by atoms with Gasteiger partial charge in [-0.15, -0.1) is 0 Å². The molecule has 1 aromatic heterocycles. The molecule has 1 saturated heterocycles. The number of benzene rings is 1. The normalized spacial score (nSPS) is 20.8. The van der Waals surface area contributed by atoms with Crippen LogP contribution in [0.25, 0.3) is 0 Å². The van der Waals surface area contributed by atoms with Crippen LogP contribution < -0.4 is 10.1 Å². The Hall–Kier alpha value is -2.40. The highest BCUT2D eigenvalue weighted by molar-refractivity contribution is 5.80. The van der Waals surface area contributed by atoms with Gasteiger partial charge in [-0.05, 0) is 43.0 Å². The van der Waals surface area contributed by atoms with Crippen molar-refractivity contribution in [3.05, 3.63) is 59.9 Å². The average molecular weight is 351 g/mol. The van der Waals surface area contributed by atoms with Gasteiger partial charge in [0.05, 0.1) is 11.6 Å². The molecule has 4 rings (SSSR count). The largest absolute Gasteiger partial charge is 0.492 e. The van der Waals surface area contributed by atoms with Crippen molar-refractivity contribution >= 4 is 5.91 Å². The van der Waals surface area contributed by atoms with Crippen molar-refractivity contribution < 1.29 is 9.53 Å². The number of fused-ring (bicyclic) bond motifs is 1. The fraction of sp³-hybridized carbons (Fsp3) is 0.429. The van der Waals surface area contributed by atoms with Gasteiger partial charge in [0.1, 0.15) is 12.4 Å². The SMILES string of the molecule is O=C(NC1CCN(Cc2ccccn2)CC1)[C@H]1COc2ccccc2C1. The van der Waals surface area contributed by atoms with E-state index >= 15 is 0 Å². The summed E-state index contributed by atoms with van der Waals surface area (Å²) in [6.07, 6.45) is 4.58. The van der Waals surface area contributed by atoms with Crippen molar-refractivity contribution in [3.63, 3.8) is 0 Å². The molecule has 0 unspecified atom stereocenters. The summed E-state index contributed by atoms with van der Waals surface area (Å²) >= 11 is 0. The minimum absolute atomic E-state index is 0.0866. The second-order valence-electron chi connectivity index (χ2n) is 7.20. The van der Waals surface area contributed by atoms with Crippen molar-refractivity contribution in [3.8, 4) is 5.75 Å². The number of nitrogens with zero attached hydrogens (tertiary/aromatic N) is 2. The standard InChI is InChI=1S/C21H25N3O2/c25-21(17-13-16-5-1-2-7-20(16)26-15-17)23-18-8-11-24(12-9-18)14-19-6-3-4-10-22-19/h1-7,10,17-18H,8-9,11-15H2,(H,23,25)/t17-/m1/s1. The van der Waals surface area contributed by atoms with Crippen LogP contribution in [0.5, 0.6) is 5.75 Å². The molecule has 0 aliphatic carbocycles. The third-order valence-electron chi connectivity index (χ3n) is 5.30. The number of likely N-dealkylation sites (tertiary alicyclic amines) is 1. The van der Waals surface area contributed by atoms with E-state index in [0.29, 0.717) is 6.61 Å². The molecule has 1 atom stereocenters. The molecule has 2 aliphatic heterocycles. The molecule has 0 bridgehead atoms. The molecule has 5 nitrogen and oxygen atoms in total. The molecular weight excluding hydrogens is 326 g/mol. The molecule has 2 aromatic rings. The van der Waals surface area contributed by atoms with E-state index in [-0.39, 0.29) is 17.9 Å². The zero-order valence-electron chi connectivity index (χ0n) is 14.9. The topological polar surface area (TPSA) is 54.5 Å². The van der Waals surface area contributed by atoms with E-state index in [1.165, 1.54) is 0 Å². The number of carbonyl (C=O) groups excluding carboxylic acids is 1. The van der Waals surface area contributed by atoms with Crippen LogP contribution in [0.15, 0.2) is 48.7 Å². The monoisotopic (exact) mass is 351 g/mol. The number of piperidine rings is 1. The number of hydrogen-bond acceptors (Lipinski definition) is 4. The van der Waals surface area contributed by atoms with Crippen LogP contribution in [-0.4, -0.2) is 41.5 Å². The summed E-state index contributed by atoms with van der Waals surface area (Å²) in [7, 11) is 0. The van der Waals surface area contributed by atoms with Gasteiger partial charge in [0.2, 0.25) is 5.91 Å². The average Bonchev–Trinajstić information content (AvgIpc) is 2.70. The summed E-state index contributed by atoms with van der Waals surface area (Å²) in [6, 6.07) is 14.3. The maximum atomic E-state index is 12.6. The van der Waals surface area contributed by atoms with Gasteiger partial charge in [-0.2, -0.15) is 0 Å². The van der Waals surface area contributed by atoms with Crippen LogP contribution in [0.1, 0.15) is 24.1 Å². The Morgan fingerprint density at radius 1 is 1.15 bits per heavy atom. The molecule has 5 heteroatoms. The molecule has 1 amide bonds. The summed E-state index contributed by atoms with van der Waals surface area (Å²) < 4.78 is 5.75. The highest BCUT2D eigenvalue weighted by atomic mass is 16.5. The van der Waals surface area contributed by atoms with Crippen LogP contribution in [0.4, 0.5) is 0 Å². The molecular formula is C21H25N3O2. The van der Waals surface area contributed by atoms with Gasteiger partial charge in [0.25, 0.3) is 0 Å². The summed E-state index contributed by atoms with van der Waals surface area (Å²) in [5.41, 5.74) is 2.23. The molecule has 0 radical (unpaired) electrons. The number of carbonyl (C=O) groups is 1. The highest BCUT2D eigenvalue weighted by Gasteiger charge is 2.28. The lowest BCUT2D eigenvalue weighted by molar-refractivity contribution is -0.127. The minimum Gasteiger partial charge on any atom is -0.492 e. The van der Waals surface area contributed by atoms with E-state index in [1.54, 1.807) is 0 Å². The van der Waals surface area contributed by atoms with Crippen molar-refractivity contribution in [2.75, 3.05) is 19.7 Å². The van der Waals surface area contributed by atoms with Crippen LogP contribution in [-0.2, 0) is 17.8 Å². The van der Waals surface area contributed by atoms with Crippen LogP contribution >= 0.6 is 0 Å². The molecule has 1 fully saturated rings. The second-order valence-corrected chi connectivity index (χ2v) is 7.20. The lowest BCUT2D eigenvalue weighted by Crippen LogP contribution is -2.47. The maximum Gasteiger partial charge on any atom is 0.227 e. The molecule has 1 N–H and O–H groups in total. The number of aromatic nitrogens is 1. The lowest BCUT2D eigenvalue weighted by Gasteiger charge is -2.33. The van der Waals surface area contributed by atoms with Crippen molar-refractivity contribution in [2.45, 2.75) is 31.8 Å². The fourth-order valence-corrected chi connectivity index (χ4v) is 3.77. The summed E-state index contributed by atoms with van der Waals surface area (Å²) in [6.45, 7) is 3.34. The van der Waals surface area contributed by atoms with Gasteiger partial charge in [0, 0.05) is 31.9 Å². The van der Waals surface area contributed by atoms with Gasteiger partial charge >= 0.3 is 0 Å². The van der Waals surface area contributed by atoms with Gasteiger partial charge < -0.3 is 10.1 Å². The van der Waals surface area contributed by atoms with E-state index in [9.17, 15) is 4.79 Å². The zero-order valence-corrected chi connectivity index (χ0v) is 14.9. The van der Waals surface area contributed by atoms with E-state index < -0.39 is 0 Å². The van der Waals surface area contributed by atoms with Crippen molar-refractivity contribution in [2.24, 2.45) is 5.92 Å². The molecule has 2 aliphatic rings. The molecule has 0 saturated carbocycles. The van der Waals surface area contributed by atoms with Crippen LogP contribution in [0.2, 0.25) is 0 Å². The number of amides is 1. The van der Waals surface area contributed by atoms with Crippen molar-refractivity contribution in [1.29, 1.82) is 0 Å². The van der Waals surface area contributed by atoms with E-state index in [1.807, 2.05) is 42.6 Å². The van der Waals surface area contributed by atoms with Gasteiger partial charge in [-0.25, -0.2) is 0 Å². The van der Waals surface area contributed by atoms with Crippen molar-refractivity contribution in [1.82, 2.24) is 15.2 Å². The molecule has 136 valence electrons. The quantitative estimate of drug-likeness (QED) is 0.919. The summed E-state index contributed by atoms with van der Waals surface area (Å²) in [5, 5.41) is 3.24. The number of pyridine rings is 1. The second kappa shape index (κ2) is 7.87. The maximum absolute atomic E-state index is 12.6. The first-order chi connectivity index (χ1) is 12.8. The highest BCUT2D eigenvalue weighted by Crippen LogP contribution is 2.27. The number of ether oxygens (including phenoxy) is 1. The Labute approximate surface area is 154 Å². The van der Waals surface area contributed by atoms with Gasteiger partial charge in [-0.1, -0.05) is 24.3 Å². The minimum atomic E-state index is -0.0866. The summed E-state index contributed by atoms with van der Waals surface area (Å²) in [5.74, 6) is 0.957. The van der Waals surface area contributed by atoms with Crippen LogP contribution in [0, 0.1) is 5.92 Å². The first kappa shape index (κ1) is 17.0. The zero-order chi connectivity index (χ0) is 17.8. The Kier molecular flexibility index (Phi) is 5.16. The van der Waals surface area contributed by atoms with E-state index in [2.05, 4.69) is 21.3 Å². The Morgan fingerprint density at radius 2 is 1.96 bits per heavy atom. The van der Waals surface area contributed by atoms with Gasteiger partial charge in [-0.3, -0.25) is 14.7 Å².